The van der Waals surface area contributed by atoms with Crippen LogP contribution in [0.2, 0.25) is 0 Å². The summed E-state index contributed by atoms with van der Waals surface area (Å²) in [5.74, 6) is -0.442. The number of carbonyl (C=O) groups is 1. The maximum atomic E-state index is 13.2. The van der Waals surface area contributed by atoms with Crippen molar-refractivity contribution in [2.75, 3.05) is 7.11 Å². The molecule has 0 atom stereocenters. The Morgan fingerprint density at radius 2 is 1.93 bits per heavy atom. The van der Waals surface area contributed by atoms with Crippen molar-refractivity contribution >= 4 is 5.91 Å². The van der Waals surface area contributed by atoms with Crippen molar-refractivity contribution in [3.05, 3.63) is 82.4 Å². The van der Waals surface area contributed by atoms with Crippen LogP contribution in [0.1, 0.15) is 5.56 Å². The Kier molecular flexibility index (Phi) is 5.61. The predicted molar refractivity (Wildman–Crippen MR) is 98.7 cm³/mol. The fourth-order valence-corrected chi connectivity index (χ4v) is 2.58. The van der Waals surface area contributed by atoms with E-state index < -0.39 is 11.5 Å². The zero-order chi connectivity index (χ0) is 19.2. The van der Waals surface area contributed by atoms with Gasteiger partial charge < -0.3 is 10.1 Å². The van der Waals surface area contributed by atoms with E-state index in [1.54, 1.807) is 12.1 Å². The fraction of sp³-hybridized carbons (Fsp3) is 0.150. The number of rotatable bonds is 6. The molecule has 0 radical (unpaired) electrons. The van der Waals surface area contributed by atoms with Crippen LogP contribution in [0.15, 0.2) is 65.5 Å². The highest BCUT2D eigenvalue weighted by molar-refractivity contribution is 5.75. The first-order valence-electron chi connectivity index (χ1n) is 8.29. The Hall–Kier alpha value is -3.48. The monoisotopic (exact) mass is 367 g/mol. The maximum Gasteiger partial charge on any atom is 0.270 e. The minimum absolute atomic E-state index is 0.160. The van der Waals surface area contributed by atoms with Crippen LogP contribution in [0.4, 0.5) is 4.39 Å². The van der Waals surface area contributed by atoms with Crippen LogP contribution in [0.5, 0.6) is 5.75 Å². The van der Waals surface area contributed by atoms with Crippen molar-refractivity contribution in [1.82, 2.24) is 15.1 Å². The second-order valence-electron chi connectivity index (χ2n) is 5.83. The molecular formula is C20H18FN3O3. The Labute approximate surface area is 155 Å². The van der Waals surface area contributed by atoms with Crippen LogP contribution in [-0.4, -0.2) is 22.8 Å². The third-order valence-corrected chi connectivity index (χ3v) is 3.90. The number of ether oxygens (including phenoxy) is 1. The molecule has 7 heteroatoms. The van der Waals surface area contributed by atoms with E-state index in [1.165, 1.54) is 25.3 Å². The number of amides is 1. The number of nitrogens with zero attached hydrogens (tertiary/aromatic N) is 2. The van der Waals surface area contributed by atoms with Gasteiger partial charge in [0, 0.05) is 18.2 Å². The minimum Gasteiger partial charge on any atom is -0.494 e. The van der Waals surface area contributed by atoms with Gasteiger partial charge in [0.25, 0.3) is 5.56 Å². The van der Waals surface area contributed by atoms with Crippen LogP contribution in [-0.2, 0) is 17.9 Å². The molecule has 3 rings (SSSR count). The van der Waals surface area contributed by atoms with E-state index >= 15 is 0 Å². The van der Waals surface area contributed by atoms with Gasteiger partial charge in [0.1, 0.15) is 18.1 Å². The highest BCUT2D eigenvalue weighted by atomic mass is 19.1. The molecule has 1 heterocycles. The van der Waals surface area contributed by atoms with Crippen LogP contribution >= 0.6 is 0 Å². The molecule has 0 bridgehead atoms. The molecule has 1 N–H and O–H groups in total. The number of nitrogens with one attached hydrogen (secondary N) is 1. The first-order valence-corrected chi connectivity index (χ1v) is 8.29. The Balaban J connectivity index is 1.78. The second-order valence-corrected chi connectivity index (χ2v) is 5.83. The van der Waals surface area contributed by atoms with Gasteiger partial charge in [-0.3, -0.25) is 9.59 Å². The number of methoxy groups -OCH3 is 1. The largest absolute Gasteiger partial charge is 0.494 e. The van der Waals surface area contributed by atoms with E-state index in [1.807, 2.05) is 30.3 Å². The zero-order valence-electron chi connectivity index (χ0n) is 14.7. The standard InChI is InChI=1S/C20H18FN3O3/c1-27-17-11-19(26)24(23-20(17)15-7-3-2-4-8-15)13-18(25)22-12-14-6-5-9-16(21)10-14/h2-11H,12-13H2,1H3,(H,22,25). The van der Waals surface area contributed by atoms with Crippen molar-refractivity contribution in [3.63, 3.8) is 0 Å². The molecule has 1 aromatic heterocycles. The van der Waals surface area contributed by atoms with E-state index in [-0.39, 0.29) is 18.9 Å². The summed E-state index contributed by atoms with van der Waals surface area (Å²) in [6.45, 7) is -0.0922. The van der Waals surface area contributed by atoms with E-state index in [9.17, 15) is 14.0 Å². The summed E-state index contributed by atoms with van der Waals surface area (Å²) in [5.41, 5.74) is 1.41. The molecule has 0 aliphatic heterocycles. The van der Waals surface area contributed by atoms with Crippen molar-refractivity contribution in [1.29, 1.82) is 0 Å². The highest BCUT2D eigenvalue weighted by Gasteiger charge is 2.13. The molecule has 6 nitrogen and oxygen atoms in total. The molecule has 2 aromatic carbocycles. The lowest BCUT2D eigenvalue weighted by Gasteiger charge is -2.11. The van der Waals surface area contributed by atoms with Gasteiger partial charge in [-0.15, -0.1) is 0 Å². The SMILES string of the molecule is COc1cc(=O)n(CC(=O)NCc2cccc(F)c2)nc1-c1ccccc1. The lowest BCUT2D eigenvalue weighted by Crippen LogP contribution is -2.33. The third-order valence-electron chi connectivity index (χ3n) is 3.90. The Morgan fingerprint density at radius 1 is 1.15 bits per heavy atom. The molecule has 0 aliphatic rings. The molecule has 1 amide bonds. The number of hydrogen-bond acceptors (Lipinski definition) is 4. The molecule has 0 fully saturated rings. The van der Waals surface area contributed by atoms with Gasteiger partial charge >= 0.3 is 0 Å². The third kappa shape index (κ3) is 4.58. The van der Waals surface area contributed by atoms with Gasteiger partial charge in [0.05, 0.1) is 7.11 Å². The summed E-state index contributed by atoms with van der Waals surface area (Å²) in [5, 5.41) is 6.93. The number of halogens is 1. The summed E-state index contributed by atoms with van der Waals surface area (Å²) in [6, 6.07) is 16.5. The smallest absolute Gasteiger partial charge is 0.270 e. The molecule has 3 aromatic rings. The topological polar surface area (TPSA) is 73.2 Å². The summed E-state index contributed by atoms with van der Waals surface area (Å²) in [4.78, 5) is 24.4. The van der Waals surface area contributed by atoms with E-state index in [2.05, 4.69) is 10.4 Å². The molecule has 27 heavy (non-hydrogen) atoms. The maximum absolute atomic E-state index is 13.2. The van der Waals surface area contributed by atoms with Gasteiger partial charge in [-0.25, -0.2) is 9.07 Å². The number of hydrogen-bond donors (Lipinski definition) is 1. The number of aromatic nitrogens is 2. The van der Waals surface area contributed by atoms with Crippen molar-refractivity contribution < 1.29 is 13.9 Å². The first-order chi connectivity index (χ1) is 13.1. The van der Waals surface area contributed by atoms with Gasteiger partial charge in [0.2, 0.25) is 5.91 Å². The lowest BCUT2D eigenvalue weighted by atomic mass is 10.1. The molecule has 138 valence electrons. The van der Waals surface area contributed by atoms with Crippen LogP contribution < -0.4 is 15.6 Å². The van der Waals surface area contributed by atoms with E-state index in [0.717, 1.165) is 10.2 Å². The average Bonchev–Trinajstić information content (AvgIpc) is 2.68. The summed E-state index contributed by atoms with van der Waals surface area (Å²) in [6.07, 6.45) is 0. The van der Waals surface area contributed by atoms with Gasteiger partial charge in [-0.1, -0.05) is 42.5 Å². The molecular weight excluding hydrogens is 349 g/mol. The van der Waals surface area contributed by atoms with Crippen LogP contribution in [0.3, 0.4) is 0 Å². The van der Waals surface area contributed by atoms with Gasteiger partial charge in [0.15, 0.2) is 5.75 Å². The van der Waals surface area contributed by atoms with Crippen LogP contribution in [0.25, 0.3) is 11.3 Å². The average molecular weight is 367 g/mol. The molecule has 0 unspecified atom stereocenters. The van der Waals surface area contributed by atoms with Gasteiger partial charge in [-0.05, 0) is 17.7 Å². The normalized spacial score (nSPS) is 10.4. The molecule has 0 saturated carbocycles. The summed E-state index contributed by atoms with van der Waals surface area (Å²) in [7, 11) is 1.46. The molecule has 0 saturated heterocycles. The second kappa shape index (κ2) is 8.27. The lowest BCUT2D eigenvalue weighted by molar-refractivity contribution is -0.122. The van der Waals surface area contributed by atoms with Gasteiger partial charge in [-0.2, -0.15) is 5.10 Å². The van der Waals surface area contributed by atoms with Crippen LogP contribution in [0, 0.1) is 5.82 Å². The Bertz CT molecular complexity index is 1000. The first kappa shape index (κ1) is 18.3. The van der Waals surface area contributed by atoms with Crippen molar-refractivity contribution in [2.45, 2.75) is 13.1 Å². The molecule has 0 spiro atoms. The predicted octanol–water partition coefficient (Wildman–Crippen LogP) is 2.37. The quantitative estimate of drug-likeness (QED) is 0.726. The minimum atomic E-state index is -0.451. The van der Waals surface area contributed by atoms with E-state index in [4.69, 9.17) is 4.74 Å². The zero-order valence-corrected chi connectivity index (χ0v) is 14.7. The number of benzene rings is 2. The van der Waals surface area contributed by atoms with Crippen molar-refractivity contribution in [3.8, 4) is 17.0 Å². The fourth-order valence-electron chi connectivity index (χ4n) is 2.58. The summed E-state index contributed by atoms with van der Waals surface area (Å²) >= 11 is 0. The highest BCUT2D eigenvalue weighted by Crippen LogP contribution is 2.25. The van der Waals surface area contributed by atoms with Crippen molar-refractivity contribution in [2.24, 2.45) is 0 Å². The van der Waals surface area contributed by atoms with E-state index in [0.29, 0.717) is 17.0 Å². The molecule has 0 aliphatic carbocycles. The Morgan fingerprint density at radius 3 is 2.63 bits per heavy atom. The summed E-state index contributed by atoms with van der Waals surface area (Å²) < 4.78 is 19.5. The number of carbonyl (C=O) groups excluding carboxylic acids is 1.